The number of aromatic nitrogens is 1. The summed E-state index contributed by atoms with van der Waals surface area (Å²) in [5.74, 6) is 0.0743. The minimum atomic E-state index is -0.758. The van der Waals surface area contributed by atoms with Crippen molar-refractivity contribution >= 4 is 27.5 Å². The largest absolute Gasteiger partial charge is 0.384 e. The molecular formula is C13H19N5OS. The van der Waals surface area contributed by atoms with E-state index in [1.165, 1.54) is 11.3 Å². The van der Waals surface area contributed by atoms with Crippen LogP contribution >= 0.6 is 11.3 Å². The van der Waals surface area contributed by atoms with Gasteiger partial charge in [-0.1, -0.05) is 12.1 Å². The molecular weight excluding hydrogens is 274 g/mol. The molecule has 0 radical (unpaired) electrons. The maximum atomic E-state index is 10.2. The Balaban J connectivity index is 1.95. The average Bonchev–Trinajstić information content (AvgIpc) is 2.86. The number of fused-ring (bicyclic) bond motifs is 1. The number of hydrogen-bond donors (Lipinski definition) is 4. The summed E-state index contributed by atoms with van der Waals surface area (Å²) in [6, 6.07) is 7.41. The molecule has 2 atom stereocenters. The molecule has 7 heteroatoms. The van der Waals surface area contributed by atoms with Gasteiger partial charge < -0.3 is 22.3 Å². The highest BCUT2D eigenvalue weighted by Gasteiger charge is 2.20. The lowest BCUT2D eigenvalue weighted by Crippen LogP contribution is -2.28. The Morgan fingerprint density at radius 3 is 2.80 bits per heavy atom. The maximum absolute atomic E-state index is 10.2. The van der Waals surface area contributed by atoms with Gasteiger partial charge in [0.05, 0.1) is 10.2 Å². The number of aliphatic hydroxyl groups excluding tert-OH is 1. The van der Waals surface area contributed by atoms with Crippen LogP contribution in [0.25, 0.3) is 10.2 Å². The van der Waals surface area contributed by atoms with Crippen LogP contribution in [0.15, 0.2) is 29.3 Å². The monoisotopic (exact) mass is 293 g/mol. The maximum Gasteiger partial charge on any atom is 0.185 e. The third-order valence-electron chi connectivity index (χ3n) is 2.96. The number of para-hydroxylation sites is 1. The fraction of sp³-hybridized carbons (Fsp3) is 0.385. The second-order valence-corrected chi connectivity index (χ2v) is 5.64. The molecule has 108 valence electrons. The molecule has 0 amide bonds. The average molecular weight is 293 g/mol. The van der Waals surface area contributed by atoms with E-state index in [9.17, 15) is 5.11 Å². The van der Waals surface area contributed by atoms with E-state index < -0.39 is 6.10 Å². The lowest BCUT2D eigenvalue weighted by atomic mass is 10.1. The molecule has 0 saturated heterocycles. The Kier molecular flexibility index (Phi) is 4.89. The zero-order chi connectivity index (χ0) is 14.5. The molecule has 6 nitrogen and oxygen atoms in total. The number of thiazole rings is 1. The first kappa shape index (κ1) is 14.7. The molecule has 1 heterocycles. The second kappa shape index (κ2) is 6.65. The summed E-state index contributed by atoms with van der Waals surface area (Å²) in [6.07, 6.45) is 0.598. The molecule has 0 saturated carbocycles. The number of rotatable bonds is 6. The number of nitrogens with zero attached hydrogens (tertiary/aromatic N) is 2. The van der Waals surface area contributed by atoms with Gasteiger partial charge in [0, 0.05) is 12.6 Å². The lowest BCUT2D eigenvalue weighted by Gasteiger charge is -2.15. The molecule has 2 rings (SSSR count). The summed E-state index contributed by atoms with van der Waals surface area (Å²) in [5, 5.41) is 10.9. The molecule has 20 heavy (non-hydrogen) atoms. The summed E-state index contributed by atoms with van der Waals surface area (Å²) in [5.41, 5.74) is 17.4. The molecule has 1 aromatic heterocycles. The van der Waals surface area contributed by atoms with E-state index in [4.69, 9.17) is 17.2 Å². The van der Waals surface area contributed by atoms with Gasteiger partial charge in [-0.3, -0.25) is 4.99 Å². The highest BCUT2D eigenvalue weighted by Crippen LogP contribution is 2.28. The lowest BCUT2D eigenvalue weighted by molar-refractivity contribution is 0.141. The molecule has 1 aromatic carbocycles. The highest BCUT2D eigenvalue weighted by atomic mass is 32.1. The first-order chi connectivity index (χ1) is 9.58. The minimum Gasteiger partial charge on any atom is -0.384 e. The number of guanidine groups is 1. The molecule has 0 aliphatic rings. The van der Waals surface area contributed by atoms with Crippen LogP contribution in [0.5, 0.6) is 0 Å². The van der Waals surface area contributed by atoms with Crippen LogP contribution in [0.1, 0.15) is 24.0 Å². The van der Waals surface area contributed by atoms with Crippen molar-refractivity contribution in [3.05, 3.63) is 29.3 Å². The third kappa shape index (κ3) is 3.66. The molecule has 0 fully saturated rings. The summed E-state index contributed by atoms with van der Waals surface area (Å²) in [6.45, 7) is 0.516. The predicted octanol–water partition coefficient (Wildman–Crippen LogP) is 0.711. The van der Waals surface area contributed by atoms with Crippen LogP contribution < -0.4 is 17.2 Å². The van der Waals surface area contributed by atoms with Crippen LogP contribution in [0.4, 0.5) is 0 Å². The van der Waals surface area contributed by atoms with E-state index in [1.54, 1.807) is 0 Å². The van der Waals surface area contributed by atoms with Gasteiger partial charge in [0.2, 0.25) is 0 Å². The van der Waals surface area contributed by atoms with Crippen molar-refractivity contribution in [1.29, 1.82) is 0 Å². The number of hydrogen-bond acceptors (Lipinski definition) is 5. The Labute approximate surface area is 121 Å². The van der Waals surface area contributed by atoms with Crippen molar-refractivity contribution in [2.24, 2.45) is 22.2 Å². The topological polar surface area (TPSA) is 124 Å². The number of aliphatic imine (C=N–C) groups is 1. The summed E-state index contributed by atoms with van der Waals surface area (Å²) in [7, 11) is 0. The molecule has 0 bridgehead atoms. The first-order valence-electron chi connectivity index (χ1n) is 6.42. The molecule has 0 spiro atoms. The van der Waals surface area contributed by atoms with Gasteiger partial charge >= 0.3 is 0 Å². The first-order valence-corrected chi connectivity index (χ1v) is 7.24. The third-order valence-corrected chi connectivity index (χ3v) is 4.07. The minimum absolute atomic E-state index is 0.0743. The number of aliphatic hydroxyl groups is 1. The SMILES string of the molecule is NC(N)=NCCC[C@H](N)C(O)c1nc2ccccc2s1. The van der Waals surface area contributed by atoms with Crippen molar-refractivity contribution in [3.63, 3.8) is 0 Å². The van der Waals surface area contributed by atoms with Gasteiger partial charge in [-0.15, -0.1) is 11.3 Å². The molecule has 0 aliphatic heterocycles. The van der Waals surface area contributed by atoms with Crippen molar-refractivity contribution in [1.82, 2.24) is 4.98 Å². The summed E-state index contributed by atoms with van der Waals surface area (Å²) in [4.78, 5) is 8.30. The quantitative estimate of drug-likeness (QED) is 0.355. The zero-order valence-corrected chi connectivity index (χ0v) is 11.9. The Hall–Kier alpha value is -1.70. The van der Waals surface area contributed by atoms with Gasteiger partial charge in [-0.2, -0.15) is 0 Å². The van der Waals surface area contributed by atoms with Crippen molar-refractivity contribution < 1.29 is 5.11 Å². The Bertz CT molecular complexity index is 560. The normalized spacial score (nSPS) is 14.1. The van der Waals surface area contributed by atoms with E-state index in [0.717, 1.165) is 16.6 Å². The number of benzene rings is 1. The number of nitrogens with two attached hydrogens (primary N) is 3. The molecule has 0 aliphatic carbocycles. The Morgan fingerprint density at radius 1 is 1.35 bits per heavy atom. The van der Waals surface area contributed by atoms with E-state index in [2.05, 4.69) is 9.98 Å². The zero-order valence-electron chi connectivity index (χ0n) is 11.1. The van der Waals surface area contributed by atoms with Gasteiger partial charge in [0.1, 0.15) is 11.1 Å². The van der Waals surface area contributed by atoms with E-state index >= 15 is 0 Å². The van der Waals surface area contributed by atoms with Gasteiger partial charge in [-0.25, -0.2) is 4.98 Å². The molecule has 7 N–H and O–H groups in total. The van der Waals surface area contributed by atoms with Crippen LogP contribution in [0, 0.1) is 0 Å². The standard InChI is InChI=1S/C13H19N5OS/c14-8(4-3-7-17-13(15)16)11(19)12-18-9-5-1-2-6-10(9)20-12/h1-2,5-6,8,11,19H,3-4,7,14H2,(H4,15,16,17)/t8-,11?/m0/s1. The van der Waals surface area contributed by atoms with E-state index in [-0.39, 0.29) is 12.0 Å². The van der Waals surface area contributed by atoms with Gasteiger partial charge in [0.15, 0.2) is 5.96 Å². The smallest absolute Gasteiger partial charge is 0.185 e. The van der Waals surface area contributed by atoms with E-state index in [1.807, 2.05) is 24.3 Å². The van der Waals surface area contributed by atoms with Crippen molar-refractivity contribution in [2.75, 3.05) is 6.54 Å². The van der Waals surface area contributed by atoms with Crippen molar-refractivity contribution in [2.45, 2.75) is 25.0 Å². The summed E-state index contributed by atoms with van der Waals surface area (Å²) >= 11 is 1.47. The van der Waals surface area contributed by atoms with Gasteiger partial charge in [-0.05, 0) is 25.0 Å². The van der Waals surface area contributed by atoms with Crippen LogP contribution in [0.2, 0.25) is 0 Å². The van der Waals surface area contributed by atoms with Crippen LogP contribution in [-0.2, 0) is 0 Å². The van der Waals surface area contributed by atoms with Crippen LogP contribution in [-0.4, -0.2) is 28.6 Å². The van der Waals surface area contributed by atoms with Gasteiger partial charge in [0.25, 0.3) is 0 Å². The molecule has 2 aromatic rings. The second-order valence-electron chi connectivity index (χ2n) is 4.58. The fourth-order valence-electron chi connectivity index (χ4n) is 1.89. The van der Waals surface area contributed by atoms with E-state index in [0.29, 0.717) is 18.0 Å². The Morgan fingerprint density at radius 2 is 2.10 bits per heavy atom. The van der Waals surface area contributed by atoms with Crippen molar-refractivity contribution in [3.8, 4) is 0 Å². The summed E-state index contributed by atoms with van der Waals surface area (Å²) < 4.78 is 1.05. The predicted molar refractivity (Wildman–Crippen MR) is 82.5 cm³/mol. The highest BCUT2D eigenvalue weighted by molar-refractivity contribution is 7.18. The van der Waals surface area contributed by atoms with Crippen LogP contribution in [0.3, 0.4) is 0 Å². The molecule has 1 unspecified atom stereocenters. The fourth-order valence-corrected chi connectivity index (χ4v) is 2.92.